The second-order valence-electron chi connectivity index (χ2n) is 11.1. The number of pyridine rings is 1. The molecule has 3 aromatic rings. The number of fused-ring (bicyclic) bond motifs is 2. The van der Waals surface area contributed by atoms with Crippen molar-refractivity contribution in [2.45, 2.75) is 45.8 Å². The van der Waals surface area contributed by atoms with Crippen molar-refractivity contribution in [3.05, 3.63) is 64.1 Å². The number of nitrogens with one attached hydrogen (secondary N) is 1. The zero-order valence-electron chi connectivity index (χ0n) is 22.8. The Balaban J connectivity index is 1.13. The lowest BCUT2D eigenvalue weighted by Crippen LogP contribution is -2.47. The van der Waals surface area contributed by atoms with E-state index in [1.807, 2.05) is 26.8 Å². The van der Waals surface area contributed by atoms with Crippen LogP contribution in [-0.4, -0.2) is 72.3 Å². The number of anilines is 2. The van der Waals surface area contributed by atoms with Gasteiger partial charge in [0.2, 0.25) is 0 Å². The number of halogens is 1. The zero-order valence-corrected chi connectivity index (χ0v) is 22.8. The first-order chi connectivity index (χ1) is 18.7. The molecule has 0 bridgehead atoms. The monoisotopic (exact) mass is 537 g/mol. The number of benzene rings is 1. The van der Waals surface area contributed by atoms with Gasteiger partial charge in [0, 0.05) is 74.6 Å². The van der Waals surface area contributed by atoms with E-state index in [0.29, 0.717) is 37.5 Å². The van der Waals surface area contributed by atoms with Gasteiger partial charge in [0.05, 0.1) is 6.54 Å². The summed E-state index contributed by atoms with van der Waals surface area (Å²) in [6.07, 6.45) is 2.78. The smallest absolute Gasteiger partial charge is 0.410 e. The number of carbonyl (C=O) groups excluding carboxylic acids is 1. The van der Waals surface area contributed by atoms with E-state index in [1.165, 1.54) is 12.1 Å². The van der Waals surface area contributed by atoms with Crippen molar-refractivity contribution < 1.29 is 18.3 Å². The van der Waals surface area contributed by atoms with Crippen LogP contribution in [0.2, 0.25) is 0 Å². The summed E-state index contributed by atoms with van der Waals surface area (Å²) in [6.45, 7) is 11.3. The summed E-state index contributed by atoms with van der Waals surface area (Å²) in [5, 5.41) is 5.23. The summed E-state index contributed by atoms with van der Waals surface area (Å²) in [7, 11) is 0. The standard InChI is InChI=1S/C29H36FN5O4/c1-29(2,3)39-28(37)35-12-8-25-23(19-35)24(18-26(36)38-25)31-9-4-11-33-13-15-34(16-14-33)27-22-17-21(30)6-5-20(22)7-10-32-27/h5-7,10,17-18,31H,4,8-9,11-16,19H2,1-3H3. The fraction of sp³-hybridized carbons (Fsp3) is 0.483. The number of rotatable bonds is 6. The van der Waals surface area contributed by atoms with Crippen LogP contribution in [0.25, 0.3) is 10.8 Å². The first-order valence-electron chi connectivity index (χ1n) is 13.6. The van der Waals surface area contributed by atoms with Gasteiger partial charge in [-0.25, -0.2) is 19.0 Å². The van der Waals surface area contributed by atoms with E-state index in [9.17, 15) is 14.0 Å². The van der Waals surface area contributed by atoms with Crippen LogP contribution in [0.5, 0.6) is 0 Å². The summed E-state index contributed by atoms with van der Waals surface area (Å²) in [5.41, 5.74) is 0.587. The molecule has 0 atom stereocenters. The molecule has 0 aliphatic carbocycles. The summed E-state index contributed by atoms with van der Waals surface area (Å²) in [6, 6.07) is 8.21. The molecule has 0 radical (unpaired) electrons. The lowest BCUT2D eigenvalue weighted by atomic mass is 10.1. The Morgan fingerprint density at radius 2 is 1.92 bits per heavy atom. The largest absolute Gasteiger partial charge is 0.444 e. The second kappa shape index (κ2) is 11.2. The number of piperazine rings is 1. The number of hydrogen-bond donors (Lipinski definition) is 1. The maximum Gasteiger partial charge on any atom is 0.410 e. The number of amides is 1. The SMILES string of the molecule is CC(C)(C)OC(=O)N1CCc2oc(=O)cc(NCCCN3CCN(c4nccc5ccc(F)cc45)CC3)c2C1. The van der Waals surface area contributed by atoms with E-state index >= 15 is 0 Å². The molecular weight excluding hydrogens is 501 g/mol. The molecular formula is C29H36FN5O4. The number of aromatic nitrogens is 1. The maximum absolute atomic E-state index is 13.9. The highest BCUT2D eigenvalue weighted by atomic mass is 19.1. The quantitative estimate of drug-likeness (QED) is 0.467. The van der Waals surface area contributed by atoms with Gasteiger partial charge in [0.25, 0.3) is 0 Å². The Bertz CT molecular complexity index is 1390. The molecule has 1 amide bonds. The van der Waals surface area contributed by atoms with Crippen molar-refractivity contribution in [3.8, 4) is 0 Å². The van der Waals surface area contributed by atoms with E-state index in [-0.39, 0.29) is 17.5 Å². The van der Waals surface area contributed by atoms with Crippen molar-refractivity contribution in [1.29, 1.82) is 0 Å². The summed E-state index contributed by atoms with van der Waals surface area (Å²) in [4.78, 5) is 35.6. The van der Waals surface area contributed by atoms with Gasteiger partial charge in [-0.15, -0.1) is 0 Å². The Morgan fingerprint density at radius 1 is 1.13 bits per heavy atom. The van der Waals surface area contributed by atoms with Gasteiger partial charge >= 0.3 is 11.7 Å². The molecule has 208 valence electrons. The molecule has 2 aliphatic heterocycles. The Hall–Kier alpha value is -3.66. The van der Waals surface area contributed by atoms with Crippen molar-refractivity contribution in [2.24, 2.45) is 0 Å². The minimum Gasteiger partial charge on any atom is -0.444 e. The van der Waals surface area contributed by atoms with Crippen LogP contribution >= 0.6 is 0 Å². The highest BCUT2D eigenvalue weighted by Crippen LogP contribution is 2.27. The van der Waals surface area contributed by atoms with Crippen LogP contribution in [0, 0.1) is 5.82 Å². The third-order valence-corrected chi connectivity index (χ3v) is 7.10. The molecule has 2 aromatic heterocycles. The normalized spacial score (nSPS) is 16.3. The molecule has 4 heterocycles. The highest BCUT2D eigenvalue weighted by molar-refractivity contribution is 5.92. The average molecular weight is 538 g/mol. The Morgan fingerprint density at radius 3 is 2.69 bits per heavy atom. The van der Waals surface area contributed by atoms with E-state index in [4.69, 9.17) is 9.15 Å². The van der Waals surface area contributed by atoms with Crippen molar-refractivity contribution >= 4 is 28.4 Å². The summed E-state index contributed by atoms with van der Waals surface area (Å²) >= 11 is 0. The predicted molar refractivity (Wildman–Crippen MR) is 149 cm³/mol. The molecule has 2 aliphatic rings. The van der Waals surface area contributed by atoms with Crippen LogP contribution in [0.15, 0.2) is 45.7 Å². The Labute approximate surface area is 227 Å². The van der Waals surface area contributed by atoms with E-state index < -0.39 is 5.60 Å². The number of ether oxygens (including phenoxy) is 1. The van der Waals surface area contributed by atoms with E-state index in [1.54, 1.807) is 23.2 Å². The van der Waals surface area contributed by atoms with Gasteiger partial charge in [-0.3, -0.25) is 4.90 Å². The number of carbonyl (C=O) groups is 1. The molecule has 39 heavy (non-hydrogen) atoms. The molecule has 1 aromatic carbocycles. The van der Waals surface area contributed by atoms with Crippen molar-refractivity contribution in [1.82, 2.24) is 14.8 Å². The van der Waals surface area contributed by atoms with Gasteiger partial charge in [0.1, 0.15) is 23.0 Å². The van der Waals surface area contributed by atoms with Gasteiger partial charge in [-0.05, 0) is 57.3 Å². The molecule has 0 spiro atoms. The molecule has 9 nitrogen and oxygen atoms in total. The fourth-order valence-corrected chi connectivity index (χ4v) is 5.18. The van der Waals surface area contributed by atoms with Crippen molar-refractivity contribution in [3.63, 3.8) is 0 Å². The van der Waals surface area contributed by atoms with Crippen LogP contribution in [0.3, 0.4) is 0 Å². The number of hydrogen-bond acceptors (Lipinski definition) is 8. The minimum absolute atomic E-state index is 0.252. The van der Waals surface area contributed by atoms with Crippen LogP contribution in [-0.2, 0) is 17.7 Å². The molecule has 1 N–H and O–H groups in total. The first kappa shape index (κ1) is 26.9. The maximum atomic E-state index is 13.9. The van der Waals surface area contributed by atoms with Crippen LogP contribution in [0.1, 0.15) is 38.5 Å². The average Bonchev–Trinajstić information content (AvgIpc) is 2.90. The predicted octanol–water partition coefficient (Wildman–Crippen LogP) is 4.24. The zero-order chi connectivity index (χ0) is 27.6. The van der Waals surface area contributed by atoms with Gasteiger partial charge < -0.3 is 24.3 Å². The van der Waals surface area contributed by atoms with Gasteiger partial charge in [-0.1, -0.05) is 6.07 Å². The third kappa shape index (κ3) is 6.50. The molecule has 10 heteroatoms. The second-order valence-corrected chi connectivity index (χ2v) is 11.1. The van der Waals surface area contributed by atoms with Crippen LogP contribution < -0.4 is 15.8 Å². The number of nitrogens with zero attached hydrogens (tertiary/aromatic N) is 4. The van der Waals surface area contributed by atoms with Crippen molar-refractivity contribution in [2.75, 3.05) is 56.0 Å². The Kier molecular flexibility index (Phi) is 7.74. The lowest BCUT2D eigenvalue weighted by Gasteiger charge is -2.36. The van der Waals surface area contributed by atoms with E-state index in [2.05, 4.69) is 20.1 Å². The minimum atomic E-state index is -0.573. The molecule has 0 saturated carbocycles. The summed E-state index contributed by atoms with van der Waals surface area (Å²) < 4.78 is 24.8. The van der Waals surface area contributed by atoms with Gasteiger partial charge in [-0.2, -0.15) is 0 Å². The van der Waals surface area contributed by atoms with E-state index in [0.717, 1.165) is 61.3 Å². The van der Waals surface area contributed by atoms with Gasteiger partial charge in [0.15, 0.2) is 0 Å². The molecule has 1 saturated heterocycles. The molecule has 1 fully saturated rings. The first-order valence-corrected chi connectivity index (χ1v) is 13.6. The van der Waals surface area contributed by atoms with Crippen LogP contribution in [0.4, 0.5) is 20.7 Å². The summed E-state index contributed by atoms with van der Waals surface area (Å²) in [5.74, 6) is 1.21. The lowest BCUT2D eigenvalue weighted by molar-refractivity contribution is 0.0217. The highest BCUT2D eigenvalue weighted by Gasteiger charge is 2.29. The fourth-order valence-electron chi connectivity index (χ4n) is 5.18. The topological polar surface area (TPSA) is 91.1 Å². The molecule has 0 unspecified atom stereocenters. The molecule has 5 rings (SSSR count). The third-order valence-electron chi connectivity index (χ3n) is 7.10.